The van der Waals surface area contributed by atoms with Gasteiger partial charge in [0, 0.05) is 19.6 Å². The van der Waals surface area contributed by atoms with Gasteiger partial charge in [0.1, 0.15) is 0 Å². The van der Waals surface area contributed by atoms with Crippen LogP contribution in [-0.4, -0.2) is 38.3 Å². The van der Waals surface area contributed by atoms with Gasteiger partial charge in [0.2, 0.25) is 5.91 Å². The van der Waals surface area contributed by atoms with Crippen molar-refractivity contribution in [2.24, 2.45) is 11.8 Å². The van der Waals surface area contributed by atoms with Gasteiger partial charge in [-0.25, -0.2) is 0 Å². The van der Waals surface area contributed by atoms with Crippen LogP contribution >= 0.6 is 0 Å². The number of amides is 1. The third kappa shape index (κ3) is 2.23. The maximum atomic E-state index is 11.9. The van der Waals surface area contributed by atoms with Crippen molar-refractivity contribution in [1.29, 1.82) is 0 Å². The van der Waals surface area contributed by atoms with Crippen LogP contribution < -0.4 is 10.6 Å². The van der Waals surface area contributed by atoms with Crippen molar-refractivity contribution in [1.82, 2.24) is 10.6 Å². The molecule has 1 saturated carbocycles. The Morgan fingerprint density at radius 3 is 2.62 bits per heavy atom. The zero-order valence-corrected chi connectivity index (χ0v) is 10.2. The van der Waals surface area contributed by atoms with Crippen LogP contribution in [-0.2, 0) is 9.53 Å². The average Bonchev–Trinajstić information content (AvgIpc) is 2.13. The van der Waals surface area contributed by atoms with E-state index >= 15 is 0 Å². The zero-order valence-electron chi connectivity index (χ0n) is 10.2. The van der Waals surface area contributed by atoms with Crippen molar-refractivity contribution >= 4 is 5.91 Å². The topological polar surface area (TPSA) is 50.4 Å². The van der Waals surface area contributed by atoms with Gasteiger partial charge in [0.25, 0.3) is 0 Å². The van der Waals surface area contributed by atoms with E-state index in [-0.39, 0.29) is 17.4 Å². The molecule has 1 amide bonds. The van der Waals surface area contributed by atoms with Gasteiger partial charge in [-0.15, -0.1) is 0 Å². The summed E-state index contributed by atoms with van der Waals surface area (Å²) in [6, 6.07) is 0. The van der Waals surface area contributed by atoms with Crippen LogP contribution in [0.15, 0.2) is 0 Å². The molecule has 0 aromatic carbocycles. The van der Waals surface area contributed by atoms with E-state index in [9.17, 15) is 4.79 Å². The lowest BCUT2D eigenvalue weighted by molar-refractivity contribution is -0.130. The lowest BCUT2D eigenvalue weighted by Gasteiger charge is -2.41. The van der Waals surface area contributed by atoms with Gasteiger partial charge in [-0.3, -0.25) is 4.79 Å². The molecule has 0 bridgehead atoms. The van der Waals surface area contributed by atoms with Crippen LogP contribution in [0, 0.1) is 11.8 Å². The van der Waals surface area contributed by atoms with E-state index in [1.54, 1.807) is 7.11 Å². The van der Waals surface area contributed by atoms with E-state index in [0.717, 1.165) is 25.9 Å². The highest BCUT2D eigenvalue weighted by molar-refractivity contribution is 5.78. The summed E-state index contributed by atoms with van der Waals surface area (Å²) in [6.45, 7) is 4.64. The average molecular weight is 226 g/mol. The minimum absolute atomic E-state index is 0.0623. The van der Waals surface area contributed by atoms with Gasteiger partial charge < -0.3 is 15.4 Å². The molecule has 1 saturated heterocycles. The molecule has 1 atom stereocenters. The summed E-state index contributed by atoms with van der Waals surface area (Å²) in [5, 5.41) is 6.23. The van der Waals surface area contributed by atoms with Gasteiger partial charge in [-0.05, 0) is 38.3 Å². The fourth-order valence-corrected chi connectivity index (χ4v) is 2.31. The molecule has 1 heterocycles. The van der Waals surface area contributed by atoms with Gasteiger partial charge >= 0.3 is 0 Å². The van der Waals surface area contributed by atoms with Crippen LogP contribution in [0.2, 0.25) is 0 Å². The first-order valence-corrected chi connectivity index (χ1v) is 6.20. The van der Waals surface area contributed by atoms with Crippen LogP contribution in [0.4, 0.5) is 0 Å². The molecule has 0 aromatic rings. The molecule has 1 aliphatic carbocycles. The molecule has 4 heteroatoms. The normalized spacial score (nSPS) is 25.4. The Hall–Kier alpha value is -0.610. The summed E-state index contributed by atoms with van der Waals surface area (Å²) < 4.78 is 5.48. The summed E-state index contributed by atoms with van der Waals surface area (Å²) in [7, 11) is 1.74. The molecular formula is C12H22N2O2. The summed E-state index contributed by atoms with van der Waals surface area (Å²) >= 11 is 0. The molecule has 1 unspecified atom stereocenters. The van der Waals surface area contributed by atoms with Crippen LogP contribution in [0.3, 0.4) is 0 Å². The number of rotatable bonds is 5. The molecule has 92 valence electrons. The lowest BCUT2D eigenvalue weighted by atomic mass is 9.79. The second kappa shape index (κ2) is 4.72. The fourth-order valence-electron chi connectivity index (χ4n) is 2.31. The largest absolute Gasteiger partial charge is 0.376 e. The van der Waals surface area contributed by atoms with Crippen molar-refractivity contribution in [2.75, 3.05) is 26.7 Å². The predicted molar refractivity (Wildman–Crippen MR) is 62.1 cm³/mol. The van der Waals surface area contributed by atoms with Crippen molar-refractivity contribution in [3.8, 4) is 0 Å². The van der Waals surface area contributed by atoms with E-state index in [1.165, 1.54) is 6.42 Å². The number of hydrogen-bond acceptors (Lipinski definition) is 3. The van der Waals surface area contributed by atoms with E-state index in [2.05, 4.69) is 10.6 Å². The second-order valence-electron chi connectivity index (χ2n) is 5.17. The van der Waals surface area contributed by atoms with E-state index in [1.807, 2.05) is 6.92 Å². The number of methoxy groups -OCH3 is 1. The first-order valence-electron chi connectivity index (χ1n) is 6.20. The molecule has 2 N–H and O–H groups in total. The Morgan fingerprint density at radius 2 is 2.25 bits per heavy atom. The van der Waals surface area contributed by atoms with Gasteiger partial charge in [-0.1, -0.05) is 6.92 Å². The molecule has 2 fully saturated rings. The minimum Gasteiger partial charge on any atom is -0.376 e. The monoisotopic (exact) mass is 226 g/mol. The Balaban J connectivity index is 1.74. The highest BCUT2D eigenvalue weighted by atomic mass is 16.5. The number of ether oxygens (including phenoxy) is 1. The van der Waals surface area contributed by atoms with Crippen molar-refractivity contribution in [3.05, 3.63) is 0 Å². The molecule has 0 radical (unpaired) electrons. The molecule has 1 aliphatic heterocycles. The molecule has 0 spiro atoms. The van der Waals surface area contributed by atoms with E-state index < -0.39 is 0 Å². The SMILES string of the molecule is COC1(CNC(=O)C(C)C2CNC2)CCC1. The molecule has 2 rings (SSSR count). The first kappa shape index (κ1) is 11.9. The lowest BCUT2D eigenvalue weighted by Crippen LogP contribution is -2.53. The Morgan fingerprint density at radius 1 is 1.56 bits per heavy atom. The standard InChI is InChI=1S/C12H22N2O2/c1-9(10-6-13-7-10)11(15)14-8-12(16-2)4-3-5-12/h9-10,13H,3-8H2,1-2H3,(H,14,15). The quantitative estimate of drug-likeness (QED) is 0.719. The maximum Gasteiger partial charge on any atom is 0.223 e. The van der Waals surface area contributed by atoms with Gasteiger partial charge in [-0.2, -0.15) is 0 Å². The van der Waals surface area contributed by atoms with Crippen molar-refractivity contribution < 1.29 is 9.53 Å². The number of hydrogen-bond donors (Lipinski definition) is 2. The predicted octanol–water partition coefficient (Wildman–Crippen LogP) is 0.527. The Kier molecular flexibility index (Phi) is 3.50. The van der Waals surface area contributed by atoms with Crippen molar-refractivity contribution in [2.45, 2.75) is 31.8 Å². The molecule has 0 aromatic heterocycles. The van der Waals surface area contributed by atoms with Gasteiger partial charge in [0.05, 0.1) is 5.60 Å². The minimum atomic E-state index is -0.0623. The summed E-state index contributed by atoms with van der Waals surface area (Å²) in [6.07, 6.45) is 3.36. The molecule has 4 nitrogen and oxygen atoms in total. The number of nitrogens with one attached hydrogen (secondary N) is 2. The summed E-state index contributed by atoms with van der Waals surface area (Å²) in [5.74, 6) is 0.810. The van der Waals surface area contributed by atoms with Crippen LogP contribution in [0.25, 0.3) is 0 Å². The highest BCUT2D eigenvalue weighted by Crippen LogP contribution is 2.34. The molecule has 2 aliphatic rings. The van der Waals surface area contributed by atoms with Crippen LogP contribution in [0.1, 0.15) is 26.2 Å². The van der Waals surface area contributed by atoms with Gasteiger partial charge in [0.15, 0.2) is 0 Å². The van der Waals surface area contributed by atoms with Crippen molar-refractivity contribution in [3.63, 3.8) is 0 Å². The highest BCUT2D eigenvalue weighted by Gasteiger charge is 2.38. The summed E-state index contributed by atoms with van der Waals surface area (Å²) in [4.78, 5) is 11.9. The Labute approximate surface area is 97.1 Å². The molecule has 16 heavy (non-hydrogen) atoms. The smallest absolute Gasteiger partial charge is 0.223 e. The van der Waals surface area contributed by atoms with E-state index in [4.69, 9.17) is 4.74 Å². The molecular weight excluding hydrogens is 204 g/mol. The third-order valence-corrected chi connectivity index (χ3v) is 4.22. The maximum absolute atomic E-state index is 11.9. The second-order valence-corrected chi connectivity index (χ2v) is 5.17. The number of carbonyl (C=O) groups is 1. The third-order valence-electron chi connectivity index (χ3n) is 4.22. The fraction of sp³-hybridized carbons (Fsp3) is 0.917. The summed E-state index contributed by atoms with van der Waals surface area (Å²) in [5.41, 5.74) is -0.0623. The number of carbonyl (C=O) groups excluding carboxylic acids is 1. The van der Waals surface area contributed by atoms with E-state index in [0.29, 0.717) is 12.5 Å². The zero-order chi connectivity index (χ0) is 11.6. The van der Waals surface area contributed by atoms with Crippen LogP contribution in [0.5, 0.6) is 0 Å². The Bertz CT molecular complexity index is 254. The first-order chi connectivity index (χ1) is 7.67.